The average molecular weight is 338 g/mol. The summed E-state index contributed by atoms with van der Waals surface area (Å²) in [6, 6.07) is 14.1. The van der Waals surface area contributed by atoms with E-state index in [1.807, 2.05) is 47.4 Å². The van der Waals surface area contributed by atoms with Gasteiger partial charge in [0.25, 0.3) is 0 Å². The van der Waals surface area contributed by atoms with Gasteiger partial charge in [0.15, 0.2) is 5.82 Å². The second-order valence-electron chi connectivity index (χ2n) is 6.80. The van der Waals surface area contributed by atoms with Crippen molar-refractivity contribution in [1.29, 1.82) is 0 Å². The van der Waals surface area contributed by atoms with Gasteiger partial charge in [0.2, 0.25) is 5.91 Å². The first-order valence-corrected chi connectivity index (χ1v) is 8.65. The molecule has 2 atom stereocenters. The molecule has 0 spiro atoms. The summed E-state index contributed by atoms with van der Waals surface area (Å²) in [5.41, 5.74) is 1.97. The maximum absolute atomic E-state index is 12.0. The van der Waals surface area contributed by atoms with E-state index in [0.717, 1.165) is 43.3 Å². The average Bonchev–Trinajstić information content (AvgIpc) is 3.22. The van der Waals surface area contributed by atoms with Gasteiger partial charge in [0.1, 0.15) is 6.61 Å². The van der Waals surface area contributed by atoms with Crippen LogP contribution in [0.25, 0.3) is 11.3 Å². The van der Waals surface area contributed by atoms with Crippen molar-refractivity contribution >= 4 is 11.7 Å². The number of likely N-dealkylation sites (tertiary alicyclic amines) is 1. The van der Waals surface area contributed by atoms with Crippen LogP contribution in [0.4, 0.5) is 5.82 Å². The molecule has 4 rings (SSSR count). The molecule has 0 N–H and O–H groups in total. The second-order valence-corrected chi connectivity index (χ2v) is 6.80. The van der Waals surface area contributed by atoms with Crippen LogP contribution in [0.5, 0.6) is 0 Å². The number of fused-ring (bicyclic) bond motifs is 1. The van der Waals surface area contributed by atoms with Gasteiger partial charge in [-0.25, -0.2) is 0 Å². The summed E-state index contributed by atoms with van der Waals surface area (Å²) >= 11 is 0. The lowest BCUT2D eigenvalue weighted by Crippen LogP contribution is -2.35. The van der Waals surface area contributed by atoms with E-state index in [1.165, 1.54) is 0 Å². The molecule has 2 aromatic rings. The number of hydrogen-bond donors (Lipinski definition) is 0. The molecular formula is C19H22N4O2. The first kappa shape index (κ1) is 16.0. The Labute approximate surface area is 147 Å². The van der Waals surface area contributed by atoms with E-state index in [9.17, 15) is 4.79 Å². The number of ether oxygens (including phenoxy) is 1. The SMILES string of the molecule is COCC(=O)N1CC2CN(c3ccc(-c4ccccc4)nn3)CC2C1. The second kappa shape index (κ2) is 6.80. The lowest BCUT2D eigenvalue weighted by molar-refractivity contribution is -0.134. The zero-order valence-electron chi connectivity index (χ0n) is 14.3. The Bertz CT molecular complexity index is 721. The number of hydrogen-bond acceptors (Lipinski definition) is 5. The van der Waals surface area contributed by atoms with Gasteiger partial charge in [0, 0.05) is 50.7 Å². The summed E-state index contributed by atoms with van der Waals surface area (Å²) in [5, 5.41) is 8.81. The van der Waals surface area contributed by atoms with Gasteiger partial charge in [0.05, 0.1) is 5.69 Å². The number of anilines is 1. The van der Waals surface area contributed by atoms with Crippen molar-refractivity contribution in [2.75, 3.05) is 44.8 Å². The normalized spacial score (nSPS) is 22.3. The first-order valence-electron chi connectivity index (χ1n) is 8.65. The lowest BCUT2D eigenvalue weighted by Gasteiger charge is -2.22. The summed E-state index contributed by atoms with van der Waals surface area (Å²) in [5.74, 6) is 2.03. The summed E-state index contributed by atoms with van der Waals surface area (Å²) < 4.78 is 4.96. The van der Waals surface area contributed by atoms with Gasteiger partial charge >= 0.3 is 0 Å². The van der Waals surface area contributed by atoms with E-state index >= 15 is 0 Å². The molecule has 25 heavy (non-hydrogen) atoms. The minimum absolute atomic E-state index is 0.0930. The van der Waals surface area contributed by atoms with Gasteiger partial charge < -0.3 is 14.5 Å². The standard InChI is InChI=1S/C19H22N4O2/c1-25-13-19(24)23-11-15-9-22(10-16(15)12-23)18-8-7-17(20-21-18)14-5-3-2-4-6-14/h2-8,15-16H,9-13H2,1H3. The fraction of sp³-hybridized carbons (Fsp3) is 0.421. The molecule has 6 heteroatoms. The van der Waals surface area contributed by atoms with E-state index in [4.69, 9.17) is 4.74 Å². The zero-order valence-corrected chi connectivity index (χ0v) is 14.3. The van der Waals surface area contributed by atoms with Gasteiger partial charge in [-0.3, -0.25) is 4.79 Å². The highest BCUT2D eigenvalue weighted by atomic mass is 16.5. The first-order chi connectivity index (χ1) is 12.2. The van der Waals surface area contributed by atoms with Gasteiger partial charge in [-0.15, -0.1) is 10.2 Å². The molecule has 2 unspecified atom stereocenters. The maximum Gasteiger partial charge on any atom is 0.248 e. The highest BCUT2D eigenvalue weighted by Gasteiger charge is 2.41. The molecule has 1 amide bonds. The van der Waals surface area contributed by atoms with Gasteiger partial charge in [-0.05, 0) is 12.1 Å². The Kier molecular flexibility index (Phi) is 4.36. The molecule has 0 radical (unpaired) electrons. The molecule has 1 aromatic heterocycles. The number of benzene rings is 1. The Morgan fingerprint density at radius 1 is 1.04 bits per heavy atom. The minimum Gasteiger partial charge on any atom is -0.375 e. The fourth-order valence-corrected chi connectivity index (χ4v) is 3.86. The molecule has 6 nitrogen and oxygen atoms in total. The van der Waals surface area contributed by atoms with Crippen LogP contribution in [0.15, 0.2) is 42.5 Å². The summed E-state index contributed by atoms with van der Waals surface area (Å²) in [6.45, 7) is 3.68. The van der Waals surface area contributed by atoms with Crippen molar-refractivity contribution in [2.45, 2.75) is 0 Å². The van der Waals surface area contributed by atoms with E-state index < -0.39 is 0 Å². The predicted molar refractivity (Wildman–Crippen MR) is 95.1 cm³/mol. The van der Waals surface area contributed by atoms with Crippen LogP contribution < -0.4 is 4.90 Å². The summed E-state index contributed by atoms with van der Waals surface area (Å²) in [6.07, 6.45) is 0. The monoisotopic (exact) mass is 338 g/mol. The van der Waals surface area contributed by atoms with Crippen LogP contribution in [0.2, 0.25) is 0 Å². The topological polar surface area (TPSA) is 58.6 Å². The number of nitrogens with zero attached hydrogens (tertiary/aromatic N) is 4. The van der Waals surface area contributed by atoms with Crippen LogP contribution in [0.1, 0.15) is 0 Å². The van der Waals surface area contributed by atoms with Crippen LogP contribution in [-0.2, 0) is 9.53 Å². The van der Waals surface area contributed by atoms with E-state index in [1.54, 1.807) is 7.11 Å². The van der Waals surface area contributed by atoms with Crippen LogP contribution in [0.3, 0.4) is 0 Å². The third-order valence-electron chi connectivity index (χ3n) is 5.15. The quantitative estimate of drug-likeness (QED) is 0.849. The molecule has 130 valence electrons. The minimum atomic E-state index is 0.0930. The molecule has 2 fully saturated rings. The summed E-state index contributed by atoms with van der Waals surface area (Å²) in [4.78, 5) is 16.2. The molecule has 0 aliphatic carbocycles. The van der Waals surface area contributed by atoms with Crippen LogP contribution in [0, 0.1) is 11.8 Å². The highest BCUT2D eigenvalue weighted by molar-refractivity contribution is 5.77. The molecule has 2 aliphatic heterocycles. The molecule has 1 aromatic carbocycles. The molecule has 2 saturated heterocycles. The van der Waals surface area contributed by atoms with E-state index in [-0.39, 0.29) is 12.5 Å². The maximum atomic E-state index is 12.0. The third-order valence-corrected chi connectivity index (χ3v) is 5.15. The molecule has 2 aliphatic rings. The van der Waals surface area contributed by atoms with Crippen LogP contribution in [-0.4, -0.2) is 60.9 Å². The Morgan fingerprint density at radius 2 is 1.76 bits per heavy atom. The number of amides is 1. The predicted octanol–water partition coefficient (Wildman–Crippen LogP) is 1.68. The van der Waals surface area contributed by atoms with Crippen molar-refractivity contribution in [1.82, 2.24) is 15.1 Å². The van der Waals surface area contributed by atoms with Crippen molar-refractivity contribution in [2.24, 2.45) is 11.8 Å². The smallest absolute Gasteiger partial charge is 0.248 e. The number of carbonyl (C=O) groups excluding carboxylic acids is 1. The van der Waals surface area contributed by atoms with Gasteiger partial charge in [-0.2, -0.15) is 0 Å². The number of rotatable bonds is 4. The zero-order chi connectivity index (χ0) is 17.2. The largest absolute Gasteiger partial charge is 0.375 e. The van der Waals surface area contributed by atoms with E-state index in [0.29, 0.717) is 11.8 Å². The van der Waals surface area contributed by atoms with Crippen molar-refractivity contribution in [3.05, 3.63) is 42.5 Å². The van der Waals surface area contributed by atoms with Gasteiger partial charge in [-0.1, -0.05) is 30.3 Å². The Hall–Kier alpha value is -2.47. The van der Waals surface area contributed by atoms with Crippen molar-refractivity contribution < 1.29 is 9.53 Å². The highest BCUT2D eigenvalue weighted by Crippen LogP contribution is 2.33. The molecule has 0 bridgehead atoms. The third kappa shape index (κ3) is 3.22. The van der Waals surface area contributed by atoms with Crippen LogP contribution >= 0.6 is 0 Å². The van der Waals surface area contributed by atoms with Crippen molar-refractivity contribution in [3.63, 3.8) is 0 Å². The number of aromatic nitrogens is 2. The fourth-order valence-electron chi connectivity index (χ4n) is 3.86. The molecular weight excluding hydrogens is 316 g/mol. The Morgan fingerprint density at radius 3 is 2.36 bits per heavy atom. The Balaban J connectivity index is 1.40. The number of methoxy groups -OCH3 is 1. The lowest BCUT2D eigenvalue weighted by atomic mass is 10.0. The van der Waals surface area contributed by atoms with Crippen molar-refractivity contribution in [3.8, 4) is 11.3 Å². The molecule has 3 heterocycles. The molecule has 0 saturated carbocycles. The summed E-state index contributed by atoms with van der Waals surface area (Å²) in [7, 11) is 1.56. The van der Waals surface area contributed by atoms with E-state index in [2.05, 4.69) is 15.1 Å². The number of carbonyl (C=O) groups is 1.